The molecule has 274 valence electrons. The van der Waals surface area contributed by atoms with E-state index in [2.05, 4.69) is 228 Å². The minimum Gasteiger partial charge on any atom is -0.310 e. The van der Waals surface area contributed by atoms with Crippen LogP contribution in [-0.2, 0) is 5.41 Å². The summed E-state index contributed by atoms with van der Waals surface area (Å²) in [5, 5.41) is 7.54. The summed E-state index contributed by atoms with van der Waals surface area (Å²) >= 11 is 0. The SMILES string of the molecule is c1ccc(-n2c3ccccc3c3ccc(N(c4ccc5c(c4)C4(c6ccccc6-5)c5ccccc5-c5cccc6cccc4c56)c4ccc5ccccc5c4)cc32)cc1. The van der Waals surface area contributed by atoms with Crippen LogP contribution in [0.15, 0.2) is 218 Å². The molecule has 13 rings (SSSR count). The van der Waals surface area contributed by atoms with Gasteiger partial charge in [0.2, 0.25) is 0 Å². The molecule has 2 nitrogen and oxygen atoms in total. The Hall–Kier alpha value is -7.68. The molecular weight excluding hydrogens is 713 g/mol. The highest BCUT2D eigenvalue weighted by molar-refractivity contribution is 6.11. The Morgan fingerprint density at radius 3 is 1.73 bits per heavy atom. The molecule has 0 bridgehead atoms. The first kappa shape index (κ1) is 32.4. The number of aromatic nitrogens is 1. The van der Waals surface area contributed by atoms with Crippen molar-refractivity contribution in [1.29, 1.82) is 0 Å². The van der Waals surface area contributed by atoms with Crippen LogP contribution in [0.2, 0.25) is 0 Å². The summed E-state index contributed by atoms with van der Waals surface area (Å²) in [4.78, 5) is 2.47. The minimum absolute atomic E-state index is 0.509. The maximum atomic E-state index is 2.50. The molecule has 11 aromatic rings. The van der Waals surface area contributed by atoms with Gasteiger partial charge < -0.3 is 9.47 Å². The van der Waals surface area contributed by atoms with Crippen molar-refractivity contribution in [2.75, 3.05) is 4.90 Å². The Morgan fingerprint density at radius 2 is 0.881 bits per heavy atom. The van der Waals surface area contributed by atoms with Crippen molar-refractivity contribution in [2.45, 2.75) is 5.41 Å². The van der Waals surface area contributed by atoms with Gasteiger partial charge in [-0.2, -0.15) is 0 Å². The van der Waals surface area contributed by atoms with Gasteiger partial charge in [0.25, 0.3) is 0 Å². The van der Waals surface area contributed by atoms with Crippen LogP contribution in [0.25, 0.3) is 71.3 Å². The van der Waals surface area contributed by atoms with Crippen molar-refractivity contribution in [3.8, 4) is 27.9 Å². The second-order valence-corrected chi connectivity index (χ2v) is 16.0. The van der Waals surface area contributed by atoms with Crippen molar-refractivity contribution in [2.24, 2.45) is 0 Å². The molecule has 1 aromatic heterocycles. The maximum absolute atomic E-state index is 2.50. The molecule has 0 fully saturated rings. The average molecular weight is 749 g/mol. The van der Waals surface area contributed by atoms with E-state index in [1.807, 2.05) is 0 Å². The molecule has 10 aromatic carbocycles. The predicted octanol–water partition coefficient (Wildman–Crippen LogP) is 14.9. The molecule has 2 aliphatic rings. The lowest BCUT2D eigenvalue weighted by atomic mass is 9.61. The molecule has 0 saturated carbocycles. The van der Waals surface area contributed by atoms with Gasteiger partial charge in [0.05, 0.1) is 16.4 Å². The van der Waals surface area contributed by atoms with Crippen LogP contribution < -0.4 is 4.90 Å². The standard InChI is InChI=1S/C57H36N2/c1-2-18-40(19-3-1)59-54-27-11-8-22-47(54)48-33-31-43(36-55(48)59)58(41-29-28-37-14-4-5-15-39(37)34-41)42-30-32-46-44-20-6-9-24-50(44)57(53(46)35-42)51-25-10-7-21-45(51)49-23-12-16-38-17-13-26-52(57)56(38)49/h1-36H. The number of anilines is 3. The fourth-order valence-electron chi connectivity index (χ4n) is 10.8. The molecule has 1 atom stereocenters. The molecule has 0 aliphatic heterocycles. The van der Waals surface area contributed by atoms with E-state index < -0.39 is 5.41 Å². The number of para-hydroxylation sites is 2. The van der Waals surface area contributed by atoms with Gasteiger partial charge >= 0.3 is 0 Å². The average Bonchev–Trinajstić information content (AvgIpc) is 3.78. The van der Waals surface area contributed by atoms with E-state index in [-0.39, 0.29) is 0 Å². The van der Waals surface area contributed by atoms with Gasteiger partial charge in [-0.3, -0.25) is 0 Å². The highest BCUT2D eigenvalue weighted by Crippen LogP contribution is 2.62. The summed E-state index contributed by atoms with van der Waals surface area (Å²) in [6.07, 6.45) is 0. The van der Waals surface area contributed by atoms with Crippen molar-refractivity contribution in [3.63, 3.8) is 0 Å². The van der Waals surface area contributed by atoms with E-state index in [1.54, 1.807) is 0 Å². The monoisotopic (exact) mass is 748 g/mol. The second-order valence-electron chi connectivity index (χ2n) is 16.0. The number of benzene rings is 10. The lowest BCUT2D eigenvalue weighted by Gasteiger charge is -2.40. The van der Waals surface area contributed by atoms with Crippen LogP contribution in [0, 0.1) is 0 Å². The predicted molar refractivity (Wildman–Crippen MR) is 247 cm³/mol. The molecule has 59 heavy (non-hydrogen) atoms. The van der Waals surface area contributed by atoms with Gasteiger partial charge in [-0.1, -0.05) is 164 Å². The van der Waals surface area contributed by atoms with Gasteiger partial charge in [-0.25, -0.2) is 0 Å². The smallest absolute Gasteiger partial charge is 0.0726 e. The third-order valence-electron chi connectivity index (χ3n) is 13.1. The molecular formula is C57H36N2. The van der Waals surface area contributed by atoms with Gasteiger partial charge in [0, 0.05) is 33.5 Å². The Labute approximate surface area is 342 Å². The molecule has 0 saturated heterocycles. The van der Waals surface area contributed by atoms with Gasteiger partial charge in [0.1, 0.15) is 0 Å². The van der Waals surface area contributed by atoms with E-state index >= 15 is 0 Å². The molecule has 1 unspecified atom stereocenters. The third-order valence-corrected chi connectivity index (χ3v) is 13.1. The normalized spacial score (nSPS) is 14.8. The molecule has 2 aliphatic carbocycles. The summed E-state index contributed by atoms with van der Waals surface area (Å²) in [7, 11) is 0. The van der Waals surface area contributed by atoms with E-state index in [0.717, 1.165) is 22.7 Å². The Bertz CT molecular complexity index is 3510. The van der Waals surface area contributed by atoms with E-state index in [1.165, 1.54) is 87.9 Å². The van der Waals surface area contributed by atoms with Crippen molar-refractivity contribution >= 4 is 60.4 Å². The number of nitrogens with zero attached hydrogens (tertiary/aromatic N) is 2. The summed E-state index contributed by atoms with van der Waals surface area (Å²) in [5.74, 6) is 0. The zero-order valence-electron chi connectivity index (χ0n) is 32.2. The van der Waals surface area contributed by atoms with Gasteiger partial charge in [-0.05, 0) is 121 Å². The molecule has 2 heteroatoms. The van der Waals surface area contributed by atoms with Crippen LogP contribution in [0.5, 0.6) is 0 Å². The summed E-state index contributed by atoms with van der Waals surface area (Å²) in [6, 6.07) is 81.3. The first-order chi connectivity index (χ1) is 29.3. The molecule has 0 N–H and O–H groups in total. The zero-order valence-corrected chi connectivity index (χ0v) is 32.2. The Kier molecular flexibility index (Phi) is 6.68. The van der Waals surface area contributed by atoms with Crippen LogP contribution >= 0.6 is 0 Å². The molecule has 1 heterocycles. The van der Waals surface area contributed by atoms with Crippen LogP contribution in [0.3, 0.4) is 0 Å². The van der Waals surface area contributed by atoms with Crippen molar-refractivity contribution < 1.29 is 0 Å². The summed E-state index contributed by atoms with van der Waals surface area (Å²) in [6.45, 7) is 0. The number of fused-ring (bicyclic) bond motifs is 13. The molecule has 1 spiro atoms. The third kappa shape index (κ3) is 4.40. The first-order valence-corrected chi connectivity index (χ1v) is 20.5. The Balaban J connectivity index is 1.12. The number of rotatable bonds is 4. The van der Waals surface area contributed by atoms with E-state index in [4.69, 9.17) is 0 Å². The topological polar surface area (TPSA) is 8.17 Å². The highest BCUT2D eigenvalue weighted by Gasteiger charge is 2.50. The molecule has 0 amide bonds. The second kappa shape index (κ2) is 12.2. The number of hydrogen-bond acceptors (Lipinski definition) is 1. The lowest BCUT2D eigenvalue weighted by molar-refractivity contribution is 0.773. The van der Waals surface area contributed by atoms with Crippen LogP contribution in [0.4, 0.5) is 17.1 Å². The van der Waals surface area contributed by atoms with Crippen LogP contribution in [-0.4, -0.2) is 4.57 Å². The quantitative estimate of drug-likeness (QED) is 0.174. The van der Waals surface area contributed by atoms with Crippen LogP contribution in [0.1, 0.15) is 22.3 Å². The lowest BCUT2D eigenvalue weighted by Crippen LogP contribution is -2.32. The first-order valence-electron chi connectivity index (χ1n) is 20.5. The van der Waals surface area contributed by atoms with Gasteiger partial charge in [-0.15, -0.1) is 0 Å². The largest absolute Gasteiger partial charge is 0.310 e. The molecule has 0 radical (unpaired) electrons. The summed E-state index contributed by atoms with van der Waals surface area (Å²) < 4.78 is 2.41. The van der Waals surface area contributed by atoms with Gasteiger partial charge in [0.15, 0.2) is 0 Å². The number of hydrogen-bond donors (Lipinski definition) is 0. The van der Waals surface area contributed by atoms with E-state index in [9.17, 15) is 0 Å². The van der Waals surface area contributed by atoms with Crippen molar-refractivity contribution in [1.82, 2.24) is 4.57 Å². The highest BCUT2D eigenvalue weighted by atomic mass is 15.1. The Morgan fingerprint density at radius 1 is 0.322 bits per heavy atom. The fourth-order valence-corrected chi connectivity index (χ4v) is 10.8. The fraction of sp³-hybridized carbons (Fsp3) is 0.0175. The maximum Gasteiger partial charge on any atom is 0.0726 e. The summed E-state index contributed by atoms with van der Waals surface area (Å²) in [5.41, 5.74) is 16.9. The minimum atomic E-state index is -0.509. The van der Waals surface area contributed by atoms with Crippen molar-refractivity contribution in [3.05, 3.63) is 241 Å². The van der Waals surface area contributed by atoms with E-state index in [0.29, 0.717) is 0 Å². The zero-order chi connectivity index (χ0) is 38.7.